The average molecular weight is 285 g/mol. The van der Waals surface area contributed by atoms with Crippen LogP contribution in [0.2, 0.25) is 0 Å². The number of benzene rings is 1. The van der Waals surface area contributed by atoms with Crippen LogP contribution in [0.4, 0.5) is 0 Å². The van der Waals surface area contributed by atoms with E-state index >= 15 is 0 Å². The Bertz CT molecular complexity index is 566. The third kappa shape index (κ3) is 3.34. The Morgan fingerprint density at radius 1 is 1.38 bits per heavy atom. The zero-order valence-electron chi connectivity index (χ0n) is 12.5. The minimum atomic E-state index is -0.0208. The highest BCUT2D eigenvalue weighted by Gasteiger charge is 2.25. The van der Waals surface area contributed by atoms with E-state index in [1.54, 1.807) is 0 Å². The van der Waals surface area contributed by atoms with Gasteiger partial charge in [0.1, 0.15) is 0 Å². The van der Waals surface area contributed by atoms with Crippen LogP contribution in [0.15, 0.2) is 42.9 Å². The van der Waals surface area contributed by atoms with Gasteiger partial charge in [-0.1, -0.05) is 30.3 Å². The van der Waals surface area contributed by atoms with Crippen LogP contribution in [0.5, 0.6) is 0 Å². The molecule has 1 aliphatic rings. The lowest BCUT2D eigenvalue weighted by Gasteiger charge is -2.19. The first-order chi connectivity index (χ1) is 10.2. The summed E-state index contributed by atoms with van der Waals surface area (Å²) in [6, 6.07) is 10.3. The topological polar surface area (TPSA) is 53.1 Å². The molecule has 4 nitrogen and oxygen atoms in total. The van der Waals surface area contributed by atoms with Crippen LogP contribution in [0.1, 0.15) is 30.6 Å². The van der Waals surface area contributed by atoms with E-state index in [1.165, 1.54) is 5.56 Å². The maximum Gasteiger partial charge on any atom is 0.0948 e. The van der Waals surface area contributed by atoms with E-state index in [2.05, 4.69) is 40.7 Å². The van der Waals surface area contributed by atoms with Gasteiger partial charge in [-0.05, 0) is 25.3 Å². The van der Waals surface area contributed by atoms with Crippen molar-refractivity contribution in [2.75, 3.05) is 6.61 Å². The quantitative estimate of drug-likeness (QED) is 0.918. The Balaban J connectivity index is 1.69. The van der Waals surface area contributed by atoms with Gasteiger partial charge in [0, 0.05) is 25.3 Å². The monoisotopic (exact) mass is 285 g/mol. The number of hydrogen-bond donors (Lipinski definition) is 1. The number of aromatic nitrogens is 2. The zero-order valence-corrected chi connectivity index (χ0v) is 12.5. The first kappa shape index (κ1) is 14.3. The highest BCUT2D eigenvalue weighted by molar-refractivity contribution is 5.18. The minimum Gasteiger partial charge on any atom is -0.378 e. The highest BCUT2D eigenvalue weighted by atomic mass is 16.5. The van der Waals surface area contributed by atoms with Crippen molar-refractivity contribution in [3.8, 4) is 0 Å². The second kappa shape index (κ2) is 6.41. The van der Waals surface area contributed by atoms with Crippen LogP contribution >= 0.6 is 0 Å². The molecular weight excluding hydrogens is 262 g/mol. The van der Waals surface area contributed by atoms with Gasteiger partial charge in [0.2, 0.25) is 0 Å². The normalized spacial score (nSPS) is 23.3. The largest absolute Gasteiger partial charge is 0.378 e. The van der Waals surface area contributed by atoms with Crippen LogP contribution in [-0.4, -0.2) is 22.3 Å². The van der Waals surface area contributed by atoms with Gasteiger partial charge >= 0.3 is 0 Å². The molecular formula is C17H23N3O. The summed E-state index contributed by atoms with van der Waals surface area (Å²) >= 11 is 0. The van der Waals surface area contributed by atoms with Crippen LogP contribution in [-0.2, 0) is 17.7 Å². The Morgan fingerprint density at radius 3 is 2.90 bits per heavy atom. The lowest BCUT2D eigenvalue weighted by molar-refractivity contribution is 0.101. The molecule has 1 saturated heterocycles. The predicted octanol–water partition coefficient (Wildman–Crippen LogP) is 2.55. The van der Waals surface area contributed by atoms with E-state index in [4.69, 9.17) is 10.5 Å². The highest BCUT2D eigenvalue weighted by Crippen LogP contribution is 2.24. The number of ether oxygens (including phenoxy) is 1. The number of nitrogens with two attached hydrogens (primary N) is 1. The van der Waals surface area contributed by atoms with Crippen LogP contribution in [0.25, 0.3) is 0 Å². The molecule has 2 heterocycles. The van der Waals surface area contributed by atoms with Crippen molar-refractivity contribution in [2.24, 2.45) is 11.7 Å². The van der Waals surface area contributed by atoms with Gasteiger partial charge in [-0.2, -0.15) is 0 Å². The molecule has 1 aliphatic heterocycles. The molecule has 0 saturated carbocycles. The number of imidazole rings is 1. The van der Waals surface area contributed by atoms with Crippen molar-refractivity contribution >= 4 is 0 Å². The summed E-state index contributed by atoms with van der Waals surface area (Å²) in [4.78, 5) is 4.29. The number of rotatable bonds is 5. The summed E-state index contributed by atoms with van der Waals surface area (Å²) in [7, 11) is 0. The predicted molar refractivity (Wildman–Crippen MR) is 82.8 cm³/mol. The molecule has 0 spiro atoms. The second-order valence-electron chi connectivity index (χ2n) is 5.89. The molecule has 0 aliphatic carbocycles. The van der Waals surface area contributed by atoms with Crippen molar-refractivity contribution < 1.29 is 4.74 Å². The maximum absolute atomic E-state index is 6.39. The van der Waals surface area contributed by atoms with Crippen molar-refractivity contribution in [2.45, 2.75) is 38.5 Å². The molecule has 1 aromatic carbocycles. The summed E-state index contributed by atoms with van der Waals surface area (Å²) in [5, 5.41) is 0. The van der Waals surface area contributed by atoms with Gasteiger partial charge in [0.05, 0.1) is 24.2 Å². The SMILES string of the molecule is CC1OCCC1Cn1cncc1[C@H](N)Cc1ccccc1. The molecule has 3 atom stereocenters. The third-order valence-corrected chi connectivity index (χ3v) is 4.39. The Labute approximate surface area is 125 Å². The van der Waals surface area contributed by atoms with Gasteiger partial charge in [-0.25, -0.2) is 4.98 Å². The fraction of sp³-hybridized carbons (Fsp3) is 0.471. The number of nitrogens with zero attached hydrogens (tertiary/aromatic N) is 2. The first-order valence-electron chi connectivity index (χ1n) is 7.65. The second-order valence-corrected chi connectivity index (χ2v) is 5.89. The molecule has 3 rings (SSSR count). The summed E-state index contributed by atoms with van der Waals surface area (Å²) in [6.07, 6.45) is 6.07. The van der Waals surface area contributed by atoms with E-state index in [-0.39, 0.29) is 6.04 Å². The van der Waals surface area contributed by atoms with Crippen LogP contribution < -0.4 is 5.73 Å². The molecule has 21 heavy (non-hydrogen) atoms. The van der Waals surface area contributed by atoms with Gasteiger partial charge in [-0.15, -0.1) is 0 Å². The zero-order chi connectivity index (χ0) is 14.7. The molecule has 1 aromatic heterocycles. The van der Waals surface area contributed by atoms with Crippen molar-refractivity contribution in [1.29, 1.82) is 0 Å². The summed E-state index contributed by atoms with van der Waals surface area (Å²) in [5.41, 5.74) is 8.76. The minimum absolute atomic E-state index is 0.0208. The Morgan fingerprint density at radius 2 is 2.19 bits per heavy atom. The summed E-state index contributed by atoms with van der Waals surface area (Å²) < 4.78 is 7.84. The molecule has 1 fully saturated rings. The molecule has 0 bridgehead atoms. The molecule has 0 amide bonds. The number of hydrogen-bond acceptors (Lipinski definition) is 3. The van der Waals surface area contributed by atoms with E-state index in [9.17, 15) is 0 Å². The standard InChI is InChI=1S/C17H23N3O/c1-13-15(7-8-21-13)11-20-12-19-10-17(20)16(18)9-14-5-3-2-4-6-14/h2-6,10,12-13,15-16H,7-9,11,18H2,1H3/t13?,15?,16-/m1/s1. The van der Waals surface area contributed by atoms with Crippen molar-refractivity contribution in [3.05, 3.63) is 54.1 Å². The summed E-state index contributed by atoms with van der Waals surface area (Å²) in [5.74, 6) is 0.557. The lowest BCUT2D eigenvalue weighted by Crippen LogP contribution is -2.22. The van der Waals surface area contributed by atoms with Gasteiger partial charge in [0.15, 0.2) is 0 Å². The first-order valence-corrected chi connectivity index (χ1v) is 7.65. The van der Waals surface area contributed by atoms with Crippen molar-refractivity contribution in [3.63, 3.8) is 0 Å². The van der Waals surface area contributed by atoms with Crippen LogP contribution in [0, 0.1) is 5.92 Å². The van der Waals surface area contributed by atoms with E-state index in [0.717, 1.165) is 31.7 Å². The molecule has 2 unspecified atom stereocenters. The fourth-order valence-corrected chi connectivity index (χ4v) is 3.03. The summed E-state index contributed by atoms with van der Waals surface area (Å²) in [6.45, 7) is 3.96. The molecule has 4 heteroatoms. The van der Waals surface area contributed by atoms with Gasteiger partial charge in [-0.3, -0.25) is 0 Å². The molecule has 2 aromatic rings. The average Bonchev–Trinajstić information content (AvgIpc) is 3.10. The molecule has 0 radical (unpaired) electrons. The van der Waals surface area contributed by atoms with E-state index < -0.39 is 0 Å². The third-order valence-electron chi connectivity index (χ3n) is 4.39. The Kier molecular flexibility index (Phi) is 4.36. The van der Waals surface area contributed by atoms with Crippen molar-refractivity contribution in [1.82, 2.24) is 9.55 Å². The van der Waals surface area contributed by atoms with E-state index in [0.29, 0.717) is 12.0 Å². The molecule has 112 valence electrons. The van der Waals surface area contributed by atoms with E-state index in [1.807, 2.05) is 18.6 Å². The van der Waals surface area contributed by atoms with Gasteiger partial charge < -0.3 is 15.0 Å². The van der Waals surface area contributed by atoms with Crippen LogP contribution in [0.3, 0.4) is 0 Å². The lowest BCUT2D eigenvalue weighted by atomic mass is 10.0. The smallest absolute Gasteiger partial charge is 0.0948 e. The Hall–Kier alpha value is -1.65. The maximum atomic E-state index is 6.39. The fourth-order valence-electron chi connectivity index (χ4n) is 3.03. The molecule has 2 N–H and O–H groups in total. The van der Waals surface area contributed by atoms with Gasteiger partial charge in [0.25, 0.3) is 0 Å².